The van der Waals surface area contributed by atoms with Gasteiger partial charge >= 0.3 is 6.09 Å². The monoisotopic (exact) mass is 354 g/mol. The number of rotatable bonds is 4. The first-order valence-corrected chi connectivity index (χ1v) is 8.88. The molecule has 1 aliphatic carbocycles. The number of primary amides is 1. The molecule has 1 saturated carbocycles. The van der Waals surface area contributed by atoms with Crippen LogP contribution in [0.4, 0.5) is 4.79 Å². The van der Waals surface area contributed by atoms with Crippen molar-refractivity contribution in [3.8, 4) is 0 Å². The summed E-state index contributed by atoms with van der Waals surface area (Å²) < 4.78 is 4.90. The smallest absolute Gasteiger partial charge is 0.405 e. The van der Waals surface area contributed by atoms with Crippen molar-refractivity contribution in [2.75, 3.05) is 6.54 Å². The lowest BCUT2D eigenvalue weighted by Crippen LogP contribution is -2.59. The van der Waals surface area contributed by atoms with Crippen molar-refractivity contribution < 1.29 is 19.1 Å². The van der Waals surface area contributed by atoms with Crippen LogP contribution < -0.4 is 16.4 Å². The lowest BCUT2D eigenvalue weighted by Gasteiger charge is -2.43. The van der Waals surface area contributed by atoms with Gasteiger partial charge < -0.3 is 26.0 Å². The zero-order chi connectivity index (χ0) is 18.8. The molecule has 0 spiro atoms. The van der Waals surface area contributed by atoms with Gasteiger partial charge in [0.1, 0.15) is 0 Å². The fraction of sp³-hybridized carbons (Fsp3) is 0.824. The Labute approximate surface area is 148 Å². The minimum atomic E-state index is -0.934. The molecule has 3 amide bonds. The number of carbonyl (C=O) groups excluding carboxylic acids is 3. The van der Waals surface area contributed by atoms with Gasteiger partial charge in [-0.2, -0.15) is 0 Å². The predicted molar refractivity (Wildman–Crippen MR) is 92.7 cm³/mol. The number of hydrogen-bond donors (Lipinski definition) is 3. The van der Waals surface area contributed by atoms with Crippen molar-refractivity contribution in [3.05, 3.63) is 0 Å². The molecule has 0 aromatic heterocycles. The number of hydrogen-bond acceptors (Lipinski definition) is 5. The fourth-order valence-electron chi connectivity index (χ4n) is 3.94. The lowest BCUT2D eigenvalue weighted by molar-refractivity contribution is -0.138. The average molecular weight is 354 g/mol. The number of nitrogens with one attached hydrogen (secondary N) is 2. The van der Waals surface area contributed by atoms with Crippen LogP contribution in [-0.2, 0) is 14.3 Å². The fourth-order valence-corrected chi connectivity index (χ4v) is 3.94. The van der Waals surface area contributed by atoms with Crippen LogP contribution >= 0.6 is 0 Å². The molecule has 2 aliphatic rings. The Morgan fingerprint density at radius 3 is 2.48 bits per heavy atom. The topological polar surface area (TPSA) is 114 Å². The maximum absolute atomic E-state index is 12.5. The van der Waals surface area contributed by atoms with Gasteiger partial charge in [0.15, 0.2) is 6.10 Å². The highest BCUT2D eigenvalue weighted by atomic mass is 16.6. The van der Waals surface area contributed by atoms with Crippen LogP contribution in [0, 0.1) is 0 Å². The second kappa shape index (κ2) is 7.59. The quantitative estimate of drug-likeness (QED) is 0.680. The van der Waals surface area contributed by atoms with Gasteiger partial charge in [0.2, 0.25) is 5.91 Å². The summed E-state index contributed by atoms with van der Waals surface area (Å²) in [7, 11) is 0. The summed E-state index contributed by atoms with van der Waals surface area (Å²) in [6, 6.07) is 0.0711. The molecule has 1 aliphatic heterocycles. The number of amides is 3. The van der Waals surface area contributed by atoms with E-state index in [1.165, 1.54) is 6.92 Å². The molecular formula is C17H30N4O4. The molecule has 2 rings (SSSR count). The molecule has 8 nitrogen and oxygen atoms in total. The normalized spacial score (nSPS) is 30.2. The number of ether oxygens (including phenoxy) is 1. The van der Waals surface area contributed by atoms with Crippen LogP contribution in [0.3, 0.4) is 0 Å². The summed E-state index contributed by atoms with van der Waals surface area (Å²) >= 11 is 0. The molecule has 0 aromatic rings. The summed E-state index contributed by atoms with van der Waals surface area (Å²) in [6.07, 6.45) is 1.16. The Balaban J connectivity index is 2.07. The SMILES string of the molecule is CC(=O)N[C@@H]1C[C@H](NC(C)(C)C)CC[C@@H]1N1CC[C@H](OC(N)=O)C1=O. The summed E-state index contributed by atoms with van der Waals surface area (Å²) in [6.45, 7) is 8.34. The van der Waals surface area contributed by atoms with Crippen molar-refractivity contribution in [2.45, 2.75) is 83.1 Å². The van der Waals surface area contributed by atoms with Gasteiger partial charge in [0.05, 0.1) is 12.1 Å². The Kier molecular flexibility index (Phi) is 5.92. The minimum Gasteiger partial charge on any atom is -0.436 e. The van der Waals surface area contributed by atoms with Crippen LogP contribution in [0.15, 0.2) is 0 Å². The summed E-state index contributed by atoms with van der Waals surface area (Å²) in [4.78, 5) is 36.9. The Hall–Kier alpha value is -1.83. The third kappa shape index (κ3) is 5.32. The maximum Gasteiger partial charge on any atom is 0.405 e. The number of nitrogens with two attached hydrogens (primary N) is 1. The summed E-state index contributed by atoms with van der Waals surface area (Å²) in [5.74, 6) is -0.329. The zero-order valence-electron chi connectivity index (χ0n) is 15.5. The minimum absolute atomic E-state index is 0.0117. The molecule has 0 unspecified atom stereocenters. The molecule has 1 saturated heterocycles. The molecule has 0 bridgehead atoms. The molecule has 0 radical (unpaired) electrons. The van der Waals surface area contributed by atoms with Crippen molar-refractivity contribution in [1.29, 1.82) is 0 Å². The lowest BCUT2D eigenvalue weighted by atomic mass is 9.84. The van der Waals surface area contributed by atoms with E-state index in [-0.39, 0.29) is 35.5 Å². The Morgan fingerprint density at radius 1 is 1.24 bits per heavy atom. The number of carbonyl (C=O) groups is 3. The first-order valence-electron chi connectivity index (χ1n) is 8.88. The van der Waals surface area contributed by atoms with E-state index in [1.807, 2.05) is 0 Å². The maximum atomic E-state index is 12.5. The van der Waals surface area contributed by atoms with E-state index in [1.54, 1.807) is 4.90 Å². The molecule has 2 fully saturated rings. The first kappa shape index (κ1) is 19.5. The molecule has 8 heteroatoms. The van der Waals surface area contributed by atoms with Crippen LogP contribution in [0.25, 0.3) is 0 Å². The highest BCUT2D eigenvalue weighted by Crippen LogP contribution is 2.29. The third-order valence-electron chi connectivity index (χ3n) is 4.69. The van der Waals surface area contributed by atoms with E-state index in [0.717, 1.165) is 19.3 Å². The molecule has 4 N–H and O–H groups in total. The van der Waals surface area contributed by atoms with Gasteiger partial charge in [0, 0.05) is 31.5 Å². The van der Waals surface area contributed by atoms with Gasteiger partial charge in [-0.15, -0.1) is 0 Å². The highest BCUT2D eigenvalue weighted by molar-refractivity contribution is 5.85. The Morgan fingerprint density at radius 2 is 1.92 bits per heavy atom. The van der Waals surface area contributed by atoms with Crippen molar-refractivity contribution in [3.63, 3.8) is 0 Å². The zero-order valence-corrected chi connectivity index (χ0v) is 15.5. The van der Waals surface area contributed by atoms with Gasteiger partial charge in [-0.3, -0.25) is 9.59 Å². The largest absolute Gasteiger partial charge is 0.436 e. The van der Waals surface area contributed by atoms with Crippen molar-refractivity contribution >= 4 is 17.9 Å². The van der Waals surface area contributed by atoms with E-state index in [2.05, 4.69) is 31.4 Å². The average Bonchev–Trinajstić information content (AvgIpc) is 2.77. The number of likely N-dealkylation sites (tertiary alicyclic amines) is 1. The van der Waals surface area contributed by atoms with Gasteiger partial charge in [-0.1, -0.05) is 0 Å². The highest BCUT2D eigenvalue weighted by Gasteiger charge is 2.43. The van der Waals surface area contributed by atoms with Crippen molar-refractivity contribution in [1.82, 2.24) is 15.5 Å². The van der Waals surface area contributed by atoms with Crippen LogP contribution in [-0.4, -0.2) is 59.1 Å². The van der Waals surface area contributed by atoms with E-state index >= 15 is 0 Å². The predicted octanol–water partition coefficient (Wildman–Crippen LogP) is 0.497. The van der Waals surface area contributed by atoms with Crippen LogP contribution in [0.5, 0.6) is 0 Å². The number of nitrogens with zero attached hydrogens (tertiary/aromatic N) is 1. The van der Waals surface area contributed by atoms with Crippen molar-refractivity contribution in [2.24, 2.45) is 5.73 Å². The van der Waals surface area contributed by atoms with Crippen LogP contribution in [0.2, 0.25) is 0 Å². The molecule has 4 atom stereocenters. The van der Waals surface area contributed by atoms with E-state index in [4.69, 9.17) is 10.5 Å². The summed E-state index contributed by atoms with van der Waals surface area (Å²) in [5, 5.41) is 6.57. The summed E-state index contributed by atoms with van der Waals surface area (Å²) in [5.41, 5.74) is 5.02. The van der Waals surface area contributed by atoms with Crippen LogP contribution in [0.1, 0.15) is 53.4 Å². The molecule has 1 heterocycles. The van der Waals surface area contributed by atoms with Gasteiger partial charge in [0.25, 0.3) is 5.91 Å². The molecule has 142 valence electrons. The van der Waals surface area contributed by atoms with E-state index in [0.29, 0.717) is 13.0 Å². The first-order chi connectivity index (χ1) is 11.6. The molecule has 0 aromatic carbocycles. The second-order valence-electron chi connectivity index (χ2n) is 8.02. The second-order valence-corrected chi connectivity index (χ2v) is 8.02. The third-order valence-corrected chi connectivity index (χ3v) is 4.69. The molecule has 25 heavy (non-hydrogen) atoms. The molecular weight excluding hydrogens is 324 g/mol. The van der Waals surface area contributed by atoms with Gasteiger partial charge in [-0.25, -0.2) is 4.79 Å². The van der Waals surface area contributed by atoms with Gasteiger partial charge in [-0.05, 0) is 40.0 Å². The van der Waals surface area contributed by atoms with E-state index < -0.39 is 12.2 Å². The standard InChI is InChI=1S/C17H30N4O4/c1-10(22)19-12-9-11(20-17(2,3)4)5-6-13(12)21-8-7-14(15(21)23)25-16(18)24/h11-14,20H,5-9H2,1-4H3,(H2,18,24)(H,19,22)/t11-,12-,13+,14+/m1/s1. The Bertz CT molecular complexity index is 531. The van der Waals surface area contributed by atoms with E-state index in [9.17, 15) is 14.4 Å².